The molecule has 8 heteroatoms. The fourth-order valence-electron chi connectivity index (χ4n) is 11.4. The Morgan fingerprint density at radius 2 is 1.26 bits per heavy atom. The summed E-state index contributed by atoms with van der Waals surface area (Å²) in [6.07, 6.45) is 3.69. The van der Waals surface area contributed by atoms with Crippen LogP contribution in [0.15, 0.2) is 91.0 Å². The van der Waals surface area contributed by atoms with Crippen molar-refractivity contribution in [2.45, 2.75) is 146 Å². The molecule has 0 radical (unpaired) electrons. The van der Waals surface area contributed by atoms with Gasteiger partial charge in [-0.05, 0) is 78.7 Å². The molecule has 2 aliphatic heterocycles. The van der Waals surface area contributed by atoms with Gasteiger partial charge < -0.3 is 28.8 Å². The summed E-state index contributed by atoms with van der Waals surface area (Å²) in [6, 6.07) is 32.7. The second-order valence-electron chi connectivity index (χ2n) is 18.7. The van der Waals surface area contributed by atoms with E-state index in [1.54, 1.807) is 0 Å². The van der Waals surface area contributed by atoms with E-state index in [0.29, 0.717) is 30.9 Å². The van der Waals surface area contributed by atoms with Crippen LogP contribution in [0.2, 0.25) is 23.7 Å². The van der Waals surface area contributed by atoms with E-state index in [9.17, 15) is 10.2 Å². The van der Waals surface area contributed by atoms with E-state index >= 15 is 0 Å². The lowest BCUT2D eigenvalue weighted by atomic mass is 9.58. The maximum Gasteiger partial charge on any atom is 0.261 e. The second kappa shape index (κ2) is 14.7. The largest absolute Gasteiger partial charge is 0.407 e. The minimum Gasteiger partial charge on any atom is -0.407 e. The molecule has 1 spiro atoms. The first kappa shape index (κ1) is 39.1. The molecule has 288 valence electrons. The molecule has 3 aromatic rings. The highest BCUT2D eigenvalue weighted by atomic mass is 28.4. The van der Waals surface area contributed by atoms with Crippen LogP contribution in [0.5, 0.6) is 0 Å². The van der Waals surface area contributed by atoms with Crippen LogP contribution < -0.4 is 15.6 Å². The Balaban J connectivity index is 1.09. The van der Waals surface area contributed by atoms with Gasteiger partial charge in [-0.2, -0.15) is 0 Å². The fraction of sp³-hybridized carbons (Fsp3) is 0.600. The standard InChI is InChI=1S/C45H64O6Si2/c1-31-37(40-38(46)26-27-39(47)45(40)42(51-45)41(31)52(7,8)34-18-12-9-13-19-34)25-24-32-30-33(50-44(5,6)49-32)28-29-48-53(43(2,3)4,35-20-14-10-15-21-35)36-22-16-11-17-23-36/h9-23,31-33,37-42,46-47H,24-30H2,1-8H3/t31-,32-,33+,37+,38+,39-,40+,41-,42?,45?/m1/s1. The number of epoxide rings is 1. The van der Waals surface area contributed by atoms with Crippen LogP contribution >= 0.6 is 0 Å². The average molecular weight is 757 g/mol. The smallest absolute Gasteiger partial charge is 0.261 e. The molecule has 7 rings (SSSR count). The van der Waals surface area contributed by atoms with Crippen molar-refractivity contribution in [1.29, 1.82) is 0 Å². The number of aliphatic hydroxyl groups is 2. The number of hydrogen-bond donors (Lipinski definition) is 2. The SMILES string of the molecule is C[C@@H]1[C@H](CC[C@@H]2C[C@H](CCO[Si](c3ccccc3)(c3ccccc3)C(C)(C)C)OC(C)(C)O2)[C@H]2[C@@H](O)CC[C@@H](O)C23OC3[C@@H]1[Si](C)(C)c1ccccc1. The number of benzene rings is 3. The number of rotatable bonds is 11. The molecule has 2 unspecified atom stereocenters. The molecule has 10 atom stereocenters. The van der Waals surface area contributed by atoms with Gasteiger partial charge in [-0.25, -0.2) is 0 Å². The second-order valence-corrected chi connectivity index (χ2v) is 27.7. The van der Waals surface area contributed by atoms with Crippen LogP contribution in [0.3, 0.4) is 0 Å². The quantitative estimate of drug-likeness (QED) is 0.160. The molecule has 2 heterocycles. The zero-order valence-electron chi connectivity index (χ0n) is 33.3. The predicted molar refractivity (Wildman–Crippen MR) is 218 cm³/mol. The maximum absolute atomic E-state index is 11.6. The normalized spacial score (nSPS) is 34.2. The van der Waals surface area contributed by atoms with E-state index in [1.807, 2.05) is 13.8 Å². The highest BCUT2D eigenvalue weighted by Gasteiger charge is 2.77. The fourth-order valence-corrected chi connectivity index (χ4v) is 20.1. The molecule has 2 saturated carbocycles. The third-order valence-electron chi connectivity index (χ3n) is 13.7. The van der Waals surface area contributed by atoms with Crippen LogP contribution in [0.4, 0.5) is 0 Å². The van der Waals surface area contributed by atoms with Gasteiger partial charge in [-0.3, -0.25) is 0 Å². The number of aliphatic hydroxyl groups excluding tert-OH is 2. The lowest BCUT2D eigenvalue weighted by Crippen LogP contribution is -2.66. The molecule has 53 heavy (non-hydrogen) atoms. The van der Waals surface area contributed by atoms with Crippen LogP contribution in [0.1, 0.15) is 80.1 Å². The molecule has 4 fully saturated rings. The molecule has 0 bridgehead atoms. The van der Waals surface area contributed by atoms with Crippen LogP contribution in [-0.2, 0) is 18.6 Å². The third-order valence-corrected chi connectivity index (χ3v) is 23.1. The van der Waals surface area contributed by atoms with E-state index in [0.717, 1.165) is 25.7 Å². The Labute approximate surface area is 320 Å². The summed E-state index contributed by atoms with van der Waals surface area (Å²) in [5.74, 6) is -0.191. The Morgan fingerprint density at radius 3 is 1.81 bits per heavy atom. The Morgan fingerprint density at radius 1 is 0.736 bits per heavy atom. The van der Waals surface area contributed by atoms with Crippen LogP contribution in [0, 0.1) is 17.8 Å². The summed E-state index contributed by atoms with van der Waals surface area (Å²) in [6.45, 7) is 19.0. The highest BCUT2D eigenvalue weighted by Crippen LogP contribution is 2.67. The molecule has 2 saturated heterocycles. The van der Waals surface area contributed by atoms with Crippen molar-refractivity contribution in [3.05, 3.63) is 91.0 Å². The van der Waals surface area contributed by atoms with Gasteiger partial charge in [0.25, 0.3) is 8.32 Å². The van der Waals surface area contributed by atoms with E-state index in [-0.39, 0.29) is 35.2 Å². The molecular formula is C45H64O6Si2. The molecule has 2 N–H and O–H groups in total. The molecule has 2 aliphatic carbocycles. The topological polar surface area (TPSA) is 80.7 Å². The van der Waals surface area contributed by atoms with Gasteiger partial charge in [0.1, 0.15) is 5.60 Å². The lowest BCUT2D eigenvalue weighted by molar-refractivity contribution is -0.302. The molecule has 0 amide bonds. The Bertz CT molecular complexity index is 1620. The highest BCUT2D eigenvalue weighted by molar-refractivity contribution is 6.99. The summed E-state index contributed by atoms with van der Waals surface area (Å²) < 4.78 is 27.3. The molecule has 6 nitrogen and oxygen atoms in total. The van der Waals surface area contributed by atoms with Crippen LogP contribution in [0.25, 0.3) is 0 Å². The van der Waals surface area contributed by atoms with E-state index in [4.69, 9.17) is 18.6 Å². The zero-order chi connectivity index (χ0) is 37.8. The van der Waals surface area contributed by atoms with Gasteiger partial charge in [-0.15, -0.1) is 0 Å². The monoisotopic (exact) mass is 756 g/mol. The first-order chi connectivity index (χ1) is 25.1. The van der Waals surface area contributed by atoms with Crippen molar-refractivity contribution in [3.63, 3.8) is 0 Å². The first-order valence-corrected chi connectivity index (χ1v) is 25.3. The Hall–Kier alpha value is -2.15. The van der Waals surface area contributed by atoms with Crippen molar-refractivity contribution in [2.24, 2.45) is 17.8 Å². The summed E-state index contributed by atoms with van der Waals surface area (Å²) in [5.41, 5.74) is -0.278. The molecule has 0 aromatic heterocycles. The van der Waals surface area contributed by atoms with Crippen LogP contribution in [-0.4, -0.2) is 75.1 Å². The maximum atomic E-state index is 11.6. The van der Waals surface area contributed by atoms with Gasteiger partial charge in [0.05, 0.1) is 38.6 Å². The molecular weight excluding hydrogens is 693 g/mol. The summed E-state index contributed by atoms with van der Waals surface area (Å²) >= 11 is 0. The zero-order valence-corrected chi connectivity index (χ0v) is 35.3. The van der Waals surface area contributed by atoms with Crippen molar-refractivity contribution in [3.8, 4) is 0 Å². The van der Waals surface area contributed by atoms with Gasteiger partial charge in [-0.1, -0.05) is 137 Å². The predicted octanol–water partition coefficient (Wildman–Crippen LogP) is 7.16. The summed E-state index contributed by atoms with van der Waals surface area (Å²) in [4.78, 5) is 0. The number of ether oxygens (including phenoxy) is 3. The van der Waals surface area contributed by atoms with Gasteiger partial charge in [0.15, 0.2) is 5.79 Å². The molecule has 3 aromatic carbocycles. The van der Waals surface area contributed by atoms with Crippen molar-refractivity contribution in [2.75, 3.05) is 6.61 Å². The third kappa shape index (κ3) is 7.09. The van der Waals surface area contributed by atoms with Gasteiger partial charge >= 0.3 is 0 Å². The van der Waals surface area contributed by atoms with Gasteiger partial charge in [0.2, 0.25) is 0 Å². The minimum absolute atomic E-state index is 0.00348. The summed E-state index contributed by atoms with van der Waals surface area (Å²) in [5, 5.41) is 27.1. The molecule has 4 aliphatic rings. The van der Waals surface area contributed by atoms with E-state index in [2.05, 4.69) is 132 Å². The van der Waals surface area contributed by atoms with Crippen molar-refractivity contribution in [1.82, 2.24) is 0 Å². The lowest BCUT2D eigenvalue weighted by Gasteiger charge is -2.52. The minimum atomic E-state index is -2.65. The van der Waals surface area contributed by atoms with E-state index in [1.165, 1.54) is 15.6 Å². The number of hydrogen-bond acceptors (Lipinski definition) is 6. The average Bonchev–Trinajstić information content (AvgIpc) is 3.85. The Kier molecular flexibility index (Phi) is 10.9. The first-order valence-electron chi connectivity index (χ1n) is 20.3. The summed E-state index contributed by atoms with van der Waals surface area (Å²) in [7, 11) is -4.66. The van der Waals surface area contributed by atoms with Crippen molar-refractivity contribution < 1.29 is 28.8 Å². The van der Waals surface area contributed by atoms with Crippen molar-refractivity contribution >= 4 is 32.0 Å². The van der Waals surface area contributed by atoms with Gasteiger partial charge in [0, 0.05) is 18.9 Å². The van der Waals surface area contributed by atoms with E-state index < -0.39 is 40.0 Å².